The summed E-state index contributed by atoms with van der Waals surface area (Å²) in [5.41, 5.74) is 4.00. The summed E-state index contributed by atoms with van der Waals surface area (Å²) in [4.78, 5) is 26.1. The summed E-state index contributed by atoms with van der Waals surface area (Å²) >= 11 is 0. The smallest absolute Gasteiger partial charge is 0.157 e. The average molecular weight is 290 g/mol. The number of hydrogen-bond acceptors (Lipinski definition) is 4. The van der Waals surface area contributed by atoms with Crippen molar-refractivity contribution >= 4 is 11.6 Å². The van der Waals surface area contributed by atoms with Crippen LogP contribution in [0, 0.1) is 5.92 Å². The quantitative estimate of drug-likeness (QED) is 0.787. The molecule has 0 saturated carbocycles. The molecule has 2 rings (SSSR count). The number of carbonyl (C=O) groups is 2. The maximum atomic E-state index is 12.4. The van der Waals surface area contributed by atoms with E-state index in [9.17, 15) is 9.59 Å². The molecule has 0 aromatic rings. The summed E-state index contributed by atoms with van der Waals surface area (Å²) in [5.74, 6) is 0.515. The second-order valence-electron chi connectivity index (χ2n) is 6.43. The summed E-state index contributed by atoms with van der Waals surface area (Å²) in [6, 6.07) is -0.0235. The molecule has 0 aromatic heterocycles. The van der Waals surface area contributed by atoms with E-state index in [1.807, 2.05) is 13.8 Å². The van der Waals surface area contributed by atoms with Crippen molar-refractivity contribution in [2.75, 3.05) is 6.54 Å². The molecule has 0 bridgehead atoms. The van der Waals surface area contributed by atoms with Crippen LogP contribution in [0.15, 0.2) is 18.0 Å². The van der Waals surface area contributed by atoms with Gasteiger partial charge in [-0.1, -0.05) is 20.4 Å². The van der Waals surface area contributed by atoms with Gasteiger partial charge in [0.05, 0.1) is 23.8 Å². The Bertz CT molecular complexity index is 477. The van der Waals surface area contributed by atoms with Crippen molar-refractivity contribution in [2.45, 2.75) is 64.6 Å². The van der Waals surface area contributed by atoms with Gasteiger partial charge in [0.15, 0.2) is 5.78 Å². The van der Waals surface area contributed by atoms with Gasteiger partial charge in [-0.3, -0.25) is 14.9 Å². The lowest BCUT2D eigenvalue weighted by molar-refractivity contribution is -0.125. The summed E-state index contributed by atoms with van der Waals surface area (Å²) in [7, 11) is 0. The average Bonchev–Trinajstić information content (AvgIpc) is 3.08. The molecule has 2 aliphatic rings. The highest BCUT2D eigenvalue weighted by atomic mass is 16.1. The van der Waals surface area contributed by atoms with E-state index in [4.69, 9.17) is 0 Å². The highest BCUT2D eigenvalue weighted by molar-refractivity contribution is 5.86. The fourth-order valence-electron chi connectivity index (χ4n) is 3.44. The molecule has 0 unspecified atom stereocenters. The van der Waals surface area contributed by atoms with E-state index < -0.39 is 0 Å². The molecule has 1 N–H and O–H groups in total. The van der Waals surface area contributed by atoms with E-state index in [2.05, 4.69) is 22.5 Å². The largest absolute Gasteiger partial charge is 0.357 e. The first-order valence-electron chi connectivity index (χ1n) is 7.92. The standard InChI is InChI=1S/C17H26N2O2/c1-5-15(14-9-8-13(18-14)12(4)20)19-10-6-7-16(19)17(21)11(2)3/h11,13-14,16,18H,1,6-10H2,2-4H3/t13-,14+,16-/m0/s1. The summed E-state index contributed by atoms with van der Waals surface area (Å²) < 4.78 is 0. The number of ketones is 2. The van der Waals surface area contributed by atoms with E-state index in [-0.39, 0.29) is 29.8 Å². The molecule has 2 aliphatic heterocycles. The van der Waals surface area contributed by atoms with Crippen LogP contribution < -0.4 is 5.32 Å². The predicted octanol–water partition coefficient (Wildman–Crippen LogP) is 2.05. The fourth-order valence-corrected chi connectivity index (χ4v) is 3.44. The third-order valence-corrected chi connectivity index (χ3v) is 4.61. The molecule has 116 valence electrons. The second-order valence-corrected chi connectivity index (χ2v) is 6.43. The molecule has 4 nitrogen and oxygen atoms in total. The van der Waals surface area contributed by atoms with Crippen molar-refractivity contribution in [3.63, 3.8) is 0 Å². The molecule has 2 saturated heterocycles. The molecule has 2 fully saturated rings. The van der Waals surface area contributed by atoms with Crippen LogP contribution in [0.3, 0.4) is 0 Å². The molecule has 0 amide bonds. The monoisotopic (exact) mass is 290 g/mol. The van der Waals surface area contributed by atoms with Gasteiger partial charge in [0.2, 0.25) is 0 Å². The Balaban J connectivity index is 2.13. The zero-order valence-corrected chi connectivity index (χ0v) is 13.3. The molecule has 0 aromatic carbocycles. The van der Waals surface area contributed by atoms with Crippen molar-refractivity contribution in [1.29, 1.82) is 0 Å². The first kappa shape index (κ1) is 16.0. The van der Waals surface area contributed by atoms with E-state index in [0.29, 0.717) is 5.78 Å². The van der Waals surface area contributed by atoms with Crippen LogP contribution in [0.1, 0.15) is 46.5 Å². The molecular formula is C17H26N2O2. The topological polar surface area (TPSA) is 49.4 Å². The van der Waals surface area contributed by atoms with Crippen LogP contribution in [0.4, 0.5) is 0 Å². The van der Waals surface area contributed by atoms with Crippen molar-refractivity contribution in [3.8, 4) is 0 Å². The maximum Gasteiger partial charge on any atom is 0.157 e. The van der Waals surface area contributed by atoms with E-state index in [1.54, 1.807) is 6.92 Å². The number of nitrogens with zero attached hydrogens (tertiary/aromatic N) is 1. The molecule has 0 radical (unpaired) electrons. The fraction of sp³-hybridized carbons (Fsp3) is 0.706. The number of carbonyl (C=O) groups excluding carboxylic acids is 2. The minimum Gasteiger partial charge on any atom is -0.357 e. The van der Waals surface area contributed by atoms with Gasteiger partial charge in [0.1, 0.15) is 5.78 Å². The number of nitrogens with one attached hydrogen (secondary N) is 1. The maximum absolute atomic E-state index is 12.4. The van der Waals surface area contributed by atoms with Crippen LogP contribution in [-0.2, 0) is 9.59 Å². The van der Waals surface area contributed by atoms with Gasteiger partial charge in [-0.25, -0.2) is 0 Å². The van der Waals surface area contributed by atoms with E-state index in [1.165, 1.54) is 0 Å². The zero-order valence-electron chi connectivity index (χ0n) is 13.3. The molecular weight excluding hydrogens is 264 g/mol. The molecule has 2 heterocycles. The van der Waals surface area contributed by atoms with Gasteiger partial charge in [-0.2, -0.15) is 0 Å². The number of rotatable bonds is 5. The van der Waals surface area contributed by atoms with Gasteiger partial charge in [0, 0.05) is 12.5 Å². The lowest BCUT2D eigenvalue weighted by Gasteiger charge is -2.31. The molecule has 4 heteroatoms. The number of Topliss-reactive ketones (excluding diaryl/α,β-unsaturated/α-hetero) is 2. The number of hydrogen-bond donors (Lipinski definition) is 1. The lowest BCUT2D eigenvalue weighted by atomic mass is 9.99. The third kappa shape index (κ3) is 3.28. The SMILES string of the molecule is C=C=C([C@H]1CC[C@@H](C(C)=O)N1)N1CCC[C@H]1C(=O)C(C)C. The summed E-state index contributed by atoms with van der Waals surface area (Å²) in [6.45, 7) is 10.2. The first-order valence-corrected chi connectivity index (χ1v) is 7.92. The Labute approximate surface area is 127 Å². The lowest BCUT2D eigenvalue weighted by Crippen LogP contribution is -2.44. The van der Waals surface area contributed by atoms with Crippen LogP contribution >= 0.6 is 0 Å². The van der Waals surface area contributed by atoms with Gasteiger partial charge in [0.25, 0.3) is 0 Å². The van der Waals surface area contributed by atoms with Crippen molar-refractivity contribution < 1.29 is 9.59 Å². The molecule has 0 spiro atoms. The Kier molecular flexibility index (Phi) is 5.02. The third-order valence-electron chi connectivity index (χ3n) is 4.61. The highest BCUT2D eigenvalue weighted by Gasteiger charge is 2.38. The van der Waals surface area contributed by atoms with Crippen molar-refractivity contribution in [3.05, 3.63) is 18.0 Å². The molecule has 3 atom stereocenters. The first-order chi connectivity index (χ1) is 9.95. The Hall–Kier alpha value is -1.38. The van der Waals surface area contributed by atoms with E-state index in [0.717, 1.165) is 37.9 Å². The Morgan fingerprint density at radius 3 is 2.43 bits per heavy atom. The highest BCUT2D eigenvalue weighted by Crippen LogP contribution is 2.29. The predicted molar refractivity (Wildman–Crippen MR) is 82.9 cm³/mol. The Morgan fingerprint density at radius 1 is 1.24 bits per heavy atom. The van der Waals surface area contributed by atoms with Crippen LogP contribution in [0.2, 0.25) is 0 Å². The molecule has 21 heavy (non-hydrogen) atoms. The molecule has 0 aliphatic carbocycles. The van der Waals surface area contributed by atoms with Crippen molar-refractivity contribution in [2.24, 2.45) is 5.92 Å². The van der Waals surface area contributed by atoms with Gasteiger partial charge >= 0.3 is 0 Å². The normalized spacial score (nSPS) is 28.8. The number of likely N-dealkylation sites (tertiary alicyclic amines) is 1. The Morgan fingerprint density at radius 2 is 1.90 bits per heavy atom. The van der Waals surface area contributed by atoms with Crippen molar-refractivity contribution in [1.82, 2.24) is 10.2 Å². The minimum absolute atomic E-state index is 0.0446. The zero-order chi connectivity index (χ0) is 15.6. The minimum atomic E-state index is -0.0693. The van der Waals surface area contributed by atoms with Crippen LogP contribution in [0.25, 0.3) is 0 Å². The van der Waals surface area contributed by atoms with Crippen LogP contribution in [0.5, 0.6) is 0 Å². The van der Waals surface area contributed by atoms with Crippen LogP contribution in [-0.4, -0.2) is 41.1 Å². The summed E-state index contributed by atoms with van der Waals surface area (Å²) in [5, 5.41) is 3.36. The van der Waals surface area contributed by atoms with Gasteiger partial charge in [-0.05, 0) is 32.6 Å². The summed E-state index contributed by atoms with van der Waals surface area (Å²) in [6.07, 6.45) is 3.69. The van der Waals surface area contributed by atoms with Gasteiger partial charge in [-0.15, -0.1) is 5.73 Å². The van der Waals surface area contributed by atoms with E-state index >= 15 is 0 Å². The van der Waals surface area contributed by atoms with Gasteiger partial charge < -0.3 is 4.90 Å². The second kappa shape index (κ2) is 6.59.